The van der Waals surface area contributed by atoms with E-state index in [1.165, 1.54) is 22.9 Å². The monoisotopic (exact) mass is 239 g/mol. The second kappa shape index (κ2) is 5.21. The number of ether oxygens (including phenoxy) is 1. The van der Waals surface area contributed by atoms with Crippen LogP contribution in [0.3, 0.4) is 0 Å². The topological polar surface area (TPSA) is 12.5 Å². The molecule has 1 heterocycles. The highest BCUT2D eigenvalue weighted by atomic mass is 32.3. The van der Waals surface area contributed by atoms with Crippen LogP contribution in [0.2, 0.25) is 0 Å². The molecule has 0 unspecified atom stereocenters. The Morgan fingerprint density at radius 1 is 1.25 bits per heavy atom. The van der Waals surface area contributed by atoms with Gasteiger partial charge in [-0.15, -0.1) is 0 Å². The molecule has 3 heteroatoms. The van der Waals surface area contributed by atoms with Gasteiger partial charge in [0.1, 0.15) is 0 Å². The van der Waals surface area contributed by atoms with Gasteiger partial charge in [-0.1, -0.05) is 30.3 Å². The minimum absolute atomic E-state index is 0.270. The Kier molecular flexibility index (Phi) is 3.90. The first-order valence-electron chi connectivity index (χ1n) is 5.68. The van der Waals surface area contributed by atoms with Crippen LogP contribution in [0, 0.1) is 0 Å². The van der Waals surface area contributed by atoms with E-state index in [2.05, 4.69) is 41.5 Å². The second-order valence-corrected chi connectivity index (χ2v) is 8.78. The lowest BCUT2D eigenvalue weighted by atomic mass is 10.2. The molecule has 0 N–H and O–H groups in total. The van der Waals surface area contributed by atoms with Crippen molar-refractivity contribution in [3.8, 4) is 0 Å². The first-order chi connectivity index (χ1) is 7.72. The van der Waals surface area contributed by atoms with Crippen LogP contribution in [0.5, 0.6) is 0 Å². The molecule has 0 atom stereocenters. The van der Waals surface area contributed by atoms with E-state index in [0.29, 0.717) is 0 Å². The molecule has 1 aromatic carbocycles. The Hall–Kier alpha value is -0.510. The van der Waals surface area contributed by atoms with E-state index in [1.54, 1.807) is 7.11 Å². The summed E-state index contributed by atoms with van der Waals surface area (Å²) < 4.78 is 5.29. The quantitative estimate of drug-likeness (QED) is 0.558. The molecule has 0 spiro atoms. The van der Waals surface area contributed by atoms with Gasteiger partial charge in [0.05, 0.1) is 6.73 Å². The van der Waals surface area contributed by atoms with Gasteiger partial charge >= 0.3 is 0 Å². The zero-order chi connectivity index (χ0) is 11.4. The number of methoxy groups -OCH3 is 1. The normalized spacial score (nSPS) is 19.7. The van der Waals surface area contributed by atoms with Gasteiger partial charge in [-0.3, -0.25) is 4.90 Å². The smallest absolute Gasteiger partial charge is 0.0995 e. The van der Waals surface area contributed by atoms with Crippen molar-refractivity contribution in [2.24, 2.45) is 0 Å². The molecule has 1 saturated heterocycles. The molecule has 2 nitrogen and oxygen atoms in total. The predicted molar refractivity (Wildman–Crippen MR) is 72.0 cm³/mol. The third-order valence-corrected chi connectivity index (χ3v) is 5.75. The minimum Gasteiger partial charge on any atom is -0.369 e. The molecule has 90 valence electrons. The number of rotatable bonds is 6. The van der Waals surface area contributed by atoms with Crippen molar-refractivity contribution in [3.63, 3.8) is 0 Å². The van der Waals surface area contributed by atoms with Crippen LogP contribution in [0.4, 0.5) is 0 Å². The molecule has 0 bridgehead atoms. The van der Waals surface area contributed by atoms with Gasteiger partial charge in [0.15, 0.2) is 0 Å². The van der Waals surface area contributed by atoms with Gasteiger partial charge in [-0.2, -0.15) is 0 Å². The Bertz CT molecular complexity index is 324. The summed E-state index contributed by atoms with van der Waals surface area (Å²) in [7, 11) is 1.51. The van der Waals surface area contributed by atoms with Crippen LogP contribution in [-0.4, -0.2) is 42.4 Å². The number of nitrogens with zero attached hydrogens (tertiary/aromatic N) is 1. The molecular formula is C13H21NOS. The Labute approximate surface area is 99.9 Å². The molecule has 1 aliphatic rings. The summed E-state index contributed by atoms with van der Waals surface area (Å²) >= 11 is 0. The van der Waals surface area contributed by atoms with Gasteiger partial charge < -0.3 is 4.74 Å². The molecule has 0 amide bonds. The summed E-state index contributed by atoms with van der Waals surface area (Å²) in [4.78, 5) is 2.43. The highest BCUT2D eigenvalue weighted by molar-refractivity contribution is 8.38. The molecule has 1 fully saturated rings. The van der Waals surface area contributed by atoms with Gasteiger partial charge in [0.25, 0.3) is 0 Å². The maximum atomic E-state index is 5.29. The fraction of sp³-hybridized carbons (Fsp3) is 0.538. The summed E-state index contributed by atoms with van der Waals surface area (Å²) in [6, 6.07) is 10.6. The summed E-state index contributed by atoms with van der Waals surface area (Å²) in [6.07, 6.45) is 2.45. The van der Waals surface area contributed by atoms with E-state index >= 15 is 0 Å². The number of hydrogen-bond donors (Lipinski definition) is 0. The zero-order valence-corrected chi connectivity index (χ0v) is 11.0. The maximum Gasteiger partial charge on any atom is 0.0995 e. The summed E-state index contributed by atoms with van der Waals surface area (Å²) in [5.41, 5.74) is 1.38. The van der Waals surface area contributed by atoms with Crippen molar-refractivity contribution in [2.45, 2.75) is 6.54 Å². The van der Waals surface area contributed by atoms with E-state index in [0.717, 1.165) is 13.3 Å². The Balaban J connectivity index is 1.92. The van der Waals surface area contributed by atoms with E-state index < -0.39 is 0 Å². The van der Waals surface area contributed by atoms with E-state index in [4.69, 9.17) is 4.74 Å². The zero-order valence-electron chi connectivity index (χ0n) is 10.2. The number of hydrogen-bond acceptors (Lipinski definition) is 2. The van der Waals surface area contributed by atoms with Crippen LogP contribution in [0.1, 0.15) is 5.56 Å². The Morgan fingerprint density at radius 2 is 1.94 bits per heavy atom. The van der Waals surface area contributed by atoms with Crippen molar-refractivity contribution in [3.05, 3.63) is 35.9 Å². The SMILES string of the molecule is COCN(Cc1ccccc1)CS1(C)CC1. The molecule has 1 aromatic rings. The van der Waals surface area contributed by atoms with Crippen molar-refractivity contribution in [1.29, 1.82) is 0 Å². The predicted octanol–water partition coefficient (Wildman–Crippen LogP) is 2.50. The molecule has 0 saturated carbocycles. The molecule has 1 aliphatic heterocycles. The second-order valence-electron chi connectivity index (χ2n) is 4.75. The minimum atomic E-state index is -0.270. The van der Waals surface area contributed by atoms with E-state index in [1.807, 2.05) is 0 Å². The fourth-order valence-electron chi connectivity index (χ4n) is 1.86. The third-order valence-electron chi connectivity index (χ3n) is 2.96. The molecule has 2 rings (SSSR count). The van der Waals surface area contributed by atoms with Crippen LogP contribution in [0.25, 0.3) is 0 Å². The molecule has 0 aromatic heterocycles. The summed E-state index contributed by atoms with van der Waals surface area (Å²) in [5.74, 6) is 4.12. The summed E-state index contributed by atoms with van der Waals surface area (Å²) in [6.45, 7) is 1.76. The van der Waals surface area contributed by atoms with Gasteiger partial charge in [-0.25, -0.2) is 10.0 Å². The van der Waals surface area contributed by atoms with Crippen LogP contribution in [-0.2, 0) is 11.3 Å². The van der Waals surface area contributed by atoms with Crippen LogP contribution in [0.15, 0.2) is 30.3 Å². The standard InChI is InChI=1S/C13H21NOS/c1-15-11-14(12-16(2)8-9-16)10-13-6-4-3-5-7-13/h3-7H,8-12H2,1-2H3. The number of benzene rings is 1. The Morgan fingerprint density at radius 3 is 2.50 bits per heavy atom. The average Bonchev–Trinajstić information content (AvgIpc) is 2.98. The summed E-state index contributed by atoms with van der Waals surface area (Å²) in [5, 5.41) is 0. The lowest BCUT2D eigenvalue weighted by Gasteiger charge is -2.27. The molecule has 0 aliphatic carbocycles. The van der Waals surface area contributed by atoms with E-state index in [-0.39, 0.29) is 10.0 Å². The van der Waals surface area contributed by atoms with Crippen molar-refractivity contribution < 1.29 is 4.74 Å². The van der Waals surface area contributed by atoms with E-state index in [9.17, 15) is 0 Å². The lowest BCUT2D eigenvalue weighted by molar-refractivity contribution is 0.0722. The lowest BCUT2D eigenvalue weighted by Crippen LogP contribution is -2.27. The largest absolute Gasteiger partial charge is 0.369 e. The first kappa shape index (κ1) is 12.0. The van der Waals surface area contributed by atoms with Gasteiger partial charge in [0.2, 0.25) is 0 Å². The fourth-order valence-corrected chi connectivity index (χ4v) is 4.31. The average molecular weight is 239 g/mol. The highest BCUT2D eigenvalue weighted by Gasteiger charge is 2.33. The molecular weight excluding hydrogens is 218 g/mol. The molecule has 0 radical (unpaired) electrons. The van der Waals surface area contributed by atoms with Crippen LogP contribution < -0.4 is 0 Å². The third kappa shape index (κ3) is 3.51. The first-order valence-corrected chi connectivity index (χ1v) is 8.23. The van der Waals surface area contributed by atoms with Gasteiger partial charge in [0, 0.05) is 19.5 Å². The van der Waals surface area contributed by atoms with Crippen molar-refractivity contribution in [1.82, 2.24) is 4.90 Å². The van der Waals surface area contributed by atoms with Crippen molar-refractivity contribution >= 4 is 10.0 Å². The van der Waals surface area contributed by atoms with Crippen LogP contribution >= 0.6 is 10.0 Å². The maximum absolute atomic E-state index is 5.29. The highest BCUT2D eigenvalue weighted by Crippen LogP contribution is 2.58. The van der Waals surface area contributed by atoms with Crippen molar-refractivity contribution in [2.75, 3.05) is 37.5 Å². The molecule has 16 heavy (non-hydrogen) atoms. The van der Waals surface area contributed by atoms with Gasteiger partial charge in [-0.05, 0) is 23.3 Å².